The molecule has 1 amide bonds. The monoisotopic (exact) mass is 655 g/mol. The molecular weight excluding hydrogens is 630 g/mol. The number of terminal acetylenes is 1. The normalized spacial score (nSPS) is 13.6. The van der Waals surface area contributed by atoms with Crippen LogP contribution in [0.1, 0.15) is 51.3 Å². The Hall–Kier alpha value is -3.77. The Morgan fingerprint density at radius 2 is 1.77 bits per heavy atom. The summed E-state index contributed by atoms with van der Waals surface area (Å²) < 4.78 is 40.4. The van der Waals surface area contributed by atoms with Crippen LogP contribution in [0.2, 0.25) is 10.0 Å². The smallest absolute Gasteiger partial charge is 0.302 e. The molecule has 5 rings (SSSR count). The van der Waals surface area contributed by atoms with Crippen LogP contribution in [0, 0.1) is 24.2 Å². The number of carbonyl (C=O) groups excluding carboxylic acids is 1. The van der Waals surface area contributed by atoms with Crippen molar-refractivity contribution in [2.75, 3.05) is 19.6 Å². The molecule has 44 heavy (non-hydrogen) atoms. The van der Waals surface area contributed by atoms with Crippen molar-refractivity contribution in [3.8, 4) is 40.4 Å². The van der Waals surface area contributed by atoms with Gasteiger partial charge >= 0.3 is 6.18 Å². The maximum Gasteiger partial charge on any atom is 0.416 e. The molecule has 0 bridgehead atoms. The van der Waals surface area contributed by atoms with Crippen molar-refractivity contribution in [2.45, 2.75) is 32.0 Å². The number of benzene rings is 2. The summed E-state index contributed by atoms with van der Waals surface area (Å²) in [5.41, 5.74) is 4.68. The van der Waals surface area contributed by atoms with Crippen molar-refractivity contribution < 1.29 is 18.0 Å². The second-order valence-corrected chi connectivity index (χ2v) is 11.9. The number of nitrogens with zero attached hydrogens (tertiary/aromatic N) is 3. The fourth-order valence-corrected chi connectivity index (χ4v) is 6.16. The molecule has 6 nitrogen and oxygen atoms in total. The first kappa shape index (κ1) is 31.6. The molecular formula is C32H26Cl2F3N5OS. The van der Waals surface area contributed by atoms with Gasteiger partial charge in [-0.25, -0.2) is 9.69 Å². The molecule has 0 radical (unpaired) electrons. The van der Waals surface area contributed by atoms with E-state index in [1.54, 1.807) is 22.9 Å². The van der Waals surface area contributed by atoms with E-state index in [0.29, 0.717) is 37.4 Å². The Labute approximate surface area is 267 Å². The number of hydrogen-bond acceptors (Lipinski definition) is 5. The summed E-state index contributed by atoms with van der Waals surface area (Å²) in [7, 11) is 0. The number of thiophene rings is 1. The van der Waals surface area contributed by atoms with E-state index in [9.17, 15) is 18.0 Å². The van der Waals surface area contributed by atoms with Crippen LogP contribution in [0.25, 0.3) is 16.3 Å². The van der Waals surface area contributed by atoms with Gasteiger partial charge in [-0.15, -0.1) is 17.8 Å². The number of rotatable bonds is 7. The predicted molar refractivity (Wildman–Crippen MR) is 168 cm³/mol. The zero-order valence-electron chi connectivity index (χ0n) is 23.3. The van der Waals surface area contributed by atoms with Gasteiger partial charge in [0.2, 0.25) is 0 Å². The van der Waals surface area contributed by atoms with E-state index in [0.717, 1.165) is 49.4 Å². The highest BCUT2D eigenvalue weighted by Gasteiger charge is 2.30. The van der Waals surface area contributed by atoms with Crippen LogP contribution in [-0.4, -0.2) is 40.3 Å². The lowest BCUT2D eigenvalue weighted by Crippen LogP contribution is -2.45. The average molecular weight is 657 g/mol. The van der Waals surface area contributed by atoms with Gasteiger partial charge in [-0.2, -0.15) is 18.3 Å². The van der Waals surface area contributed by atoms with Crippen LogP contribution >= 0.6 is 34.5 Å². The van der Waals surface area contributed by atoms with Gasteiger partial charge in [0.15, 0.2) is 5.69 Å². The molecule has 1 aliphatic heterocycles. The van der Waals surface area contributed by atoms with Gasteiger partial charge < -0.3 is 5.32 Å². The zero-order valence-corrected chi connectivity index (χ0v) is 25.6. The number of piperidine rings is 1. The second-order valence-electron chi connectivity index (χ2n) is 9.97. The first-order chi connectivity index (χ1) is 21.1. The van der Waals surface area contributed by atoms with E-state index in [2.05, 4.69) is 28.5 Å². The van der Waals surface area contributed by atoms with E-state index in [1.807, 2.05) is 17.1 Å². The van der Waals surface area contributed by atoms with E-state index < -0.39 is 11.7 Å². The summed E-state index contributed by atoms with van der Waals surface area (Å²) in [6, 6.07) is 13.4. The van der Waals surface area contributed by atoms with Crippen molar-refractivity contribution in [3.05, 3.63) is 91.9 Å². The lowest BCUT2D eigenvalue weighted by Gasteiger charge is -2.26. The first-order valence-corrected chi connectivity index (χ1v) is 15.3. The molecule has 4 aromatic rings. The molecule has 1 saturated heterocycles. The lowest BCUT2D eigenvalue weighted by atomic mass is 10.1. The summed E-state index contributed by atoms with van der Waals surface area (Å²) in [6.07, 6.45) is 4.17. The molecule has 2 aromatic heterocycles. The van der Waals surface area contributed by atoms with E-state index in [1.165, 1.54) is 23.5 Å². The highest BCUT2D eigenvalue weighted by atomic mass is 35.5. The van der Waals surface area contributed by atoms with Crippen molar-refractivity contribution in [3.63, 3.8) is 0 Å². The predicted octanol–water partition coefficient (Wildman–Crippen LogP) is 7.18. The van der Waals surface area contributed by atoms with Crippen molar-refractivity contribution in [2.24, 2.45) is 0 Å². The van der Waals surface area contributed by atoms with Gasteiger partial charge in [-0.1, -0.05) is 47.4 Å². The summed E-state index contributed by atoms with van der Waals surface area (Å²) in [6.45, 7) is 2.02. The third-order valence-corrected chi connectivity index (χ3v) is 8.41. The molecule has 0 unspecified atom stereocenters. The van der Waals surface area contributed by atoms with Gasteiger partial charge in [0, 0.05) is 35.8 Å². The van der Waals surface area contributed by atoms with Gasteiger partial charge in [0.1, 0.15) is 0 Å². The number of carbonyl (C=O) groups is 1. The molecule has 1 aliphatic rings. The number of halogens is 5. The Bertz CT molecular complexity index is 1760. The van der Waals surface area contributed by atoms with Crippen molar-refractivity contribution >= 4 is 40.4 Å². The first-order valence-electron chi connectivity index (χ1n) is 13.7. The van der Waals surface area contributed by atoms with E-state index in [-0.39, 0.29) is 24.7 Å². The lowest BCUT2D eigenvalue weighted by molar-refractivity contribution is -0.137. The molecule has 0 aliphatic carbocycles. The van der Waals surface area contributed by atoms with Crippen LogP contribution in [0.15, 0.2) is 54.6 Å². The third-order valence-electron chi connectivity index (χ3n) is 6.86. The number of nitrogens with one attached hydrogen (secondary N) is 2. The standard InChI is InChI=1S/C32H26Cl2F3N5OS/c1-2-16-38-20-25-29(31(43)40-41-17-4-3-5-18-41)39-42(27-14-11-23(33)19-26(27)34)30(25)28-15-13-24(44-28)12-8-21-6-9-22(10-7-21)32(35,36)37/h1,6-7,9-11,13-15,19,38H,3-5,16-18,20H2,(H,40,43). The quantitative estimate of drug-likeness (QED) is 0.164. The van der Waals surface area contributed by atoms with Gasteiger partial charge in [-0.05, 0) is 67.4 Å². The third kappa shape index (κ3) is 7.47. The summed E-state index contributed by atoms with van der Waals surface area (Å²) in [4.78, 5) is 15.1. The number of aromatic nitrogens is 2. The maximum atomic E-state index is 13.6. The molecule has 0 spiro atoms. The van der Waals surface area contributed by atoms with Crippen LogP contribution in [0.5, 0.6) is 0 Å². The topological polar surface area (TPSA) is 62.2 Å². The molecule has 2 N–H and O–H groups in total. The Morgan fingerprint density at radius 1 is 1.02 bits per heavy atom. The molecule has 2 aromatic carbocycles. The zero-order chi connectivity index (χ0) is 31.3. The minimum atomic E-state index is -4.42. The summed E-state index contributed by atoms with van der Waals surface area (Å²) in [5.74, 6) is 8.15. The van der Waals surface area contributed by atoms with Crippen LogP contribution < -0.4 is 10.7 Å². The number of alkyl halides is 3. The summed E-state index contributed by atoms with van der Waals surface area (Å²) >= 11 is 14.2. The van der Waals surface area contributed by atoms with E-state index >= 15 is 0 Å². The van der Waals surface area contributed by atoms with Crippen molar-refractivity contribution in [1.82, 2.24) is 25.5 Å². The van der Waals surface area contributed by atoms with Crippen LogP contribution in [-0.2, 0) is 12.7 Å². The summed E-state index contributed by atoms with van der Waals surface area (Å²) in [5, 5.41) is 10.6. The molecule has 0 atom stereocenters. The Balaban J connectivity index is 1.57. The maximum absolute atomic E-state index is 13.6. The second kappa shape index (κ2) is 13.9. The largest absolute Gasteiger partial charge is 0.416 e. The molecule has 3 heterocycles. The fourth-order valence-electron chi connectivity index (χ4n) is 4.75. The van der Waals surface area contributed by atoms with E-state index in [4.69, 9.17) is 34.7 Å². The molecule has 0 saturated carbocycles. The van der Waals surface area contributed by atoms with Crippen LogP contribution in [0.4, 0.5) is 13.2 Å². The fraction of sp³-hybridized carbons (Fsp3) is 0.250. The Kier molecular flexibility index (Phi) is 10.00. The van der Waals surface area contributed by atoms with Crippen LogP contribution in [0.3, 0.4) is 0 Å². The highest BCUT2D eigenvalue weighted by Crippen LogP contribution is 2.37. The minimum absolute atomic E-state index is 0.215. The Morgan fingerprint density at radius 3 is 2.45 bits per heavy atom. The van der Waals surface area contributed by atoms with Crippen molar-refractivity contribution in [1.29, 1.82) is 0 Å². The van der Waals surface area contributed by atoms with Gasteiger partial charge in [0.05, 0.1) is 38.3 Å². The molecule has 12 heteroatoms. The SMILES string of the molecule is C#CCNCc1c(C(=O)NN2CCCCC2)nn(-c2ccc(Cl)cc2Cl)c1-c1ccc(C#Cc2ccc(C(F)(F)F)cc2)s1. The average Bonchev–Trinajstić information content (AvgIpc) is 3.61. The van der Waals surface area contributed by atoms with Gasteiger partial charge in [0.25, 0.3) is 5.91 Å². The number of hydrogen-bond donors (Lipinski definition) is 2. The highest BCUT2D eigenvalue weighted by molar-refractivity contribution is 7.16. The number of amides is 1. The van der Waals surface area contributed by atoms with Gasteiger partial charge in [-0.3, -0.25) is 10.2 Å². The minimum Gasteiger partial charge on any atom is -0.302 e. The number of hydrazine groups is 1. The molecule has 1 fully saturated rings. The molecule has 226 valence electrons.